The second-order valence-electron chi connectivity index (χ2n) is 19.1. The number of likely N-dealkylation sites (tertiary alicyclic amines) is 2. The molecule has 2 aliphatic heterocycles. The first kappa shape index (κ1) is 61.1. The molecule has 0 radical (unpaired) electrons. The summed E-state index contributed by atoms with van der Waals surface area (Å²) in [6.45, 7) is 19.1. The van der Waals surface area contributed by atoms with E-state index in [4.69, 9.17) is 15.2 Å². The number of carbonyl (C=O) groups excluding carboxylic acids is 5. The van der Waals surface area contributed by atoms with Gasteiger partial charge in [-0.05, 0) is 86.6 Å². The molecule has 6 rings (SSSR count). The Balaban J connectivity index is 0.000000372. The van der Waals surface area contributed by atoms with E-state index in [2.05, 4.69) is 35.9 Å². The first-order chi connectivity index (χ1) is 34.7. The van der Waals surface area contributed by atoms with Crippen molar-refractivity contribution in [2.45, 2.75) is 117 Å². The molecule has 14 nitrogen and oxygen atoms in total. The van der Waals surface area contributed by atoms with Crippen molar-refractivity contribution in [3.8, 4) is 0 Å². The number of hydrogen-bond donors (Lipinski definition) is 3. The van der Waals surface area contributed by atoms with Crippen molar-refractivity contribution in [1.29, 1.82) is 0 Å². The maximum Gasteiger partial charge on any atom is 0.410 e. The molecular weight excluding hydrogens is 942 g/mol. The molecule has 2 heterocycles. The van der Waals surface area contributed by atoms with E-state index in [-0.39, 0.29) is 79.4 Å². The number of likely N-dealkylation sites (N-methyl/N-ethyl adjacent to an activating group) is 1. The van der Waals surface area contributed by atoms with Crippen molar-refractivity contribution in [3.63, 3.8) is 0 Å². The Morgan fingerprint density at radius 3 is 1.33 bits per heavy atom. The van der Waals surface area contributed by atoms with Crippen molar-refractivity contribution in [2.24, 2.45) is 17.6 Å². The summed E-state index contributed by atoms with van der Waals surface area (Å²) in [5, 5.41) is 5.85. The Morgan fingerprint density at radius 2 is 0.973 bits per heavy atom. The lowest BCUT2D eigenvalue weighted by Gasteiger charge is -2.34. The molecule has 4 aromatic rings. The largest absolute Gasteiger partial charge is 0.445 e. The number of nitrogens with one attached hydrogen (secondary N) is 2. The second kappa shape index (κ2) is 32.8. The topological polar surface area (TPSA) is 167 Å². The van der Waals surface area contributed by atoms with E-state index in [0.29, 0.717) is 45.7 Å². The van der Waals surface area contributed by atoms with Crippen molar-refractivity contribution < 1.29 is 33.4 Å². The third-order valence-corrected chi connectivity index (χ3v) is 13.2. The highest BCUT2D eigenvalue weighted by molar-refractivity contribution is 5.90. The van der Waals surface area contributed by atoms with Crippen LogP contribution in [0.5, 0.6) is 0 Å². The number of carbonyl (C=O) groups is 5. The molecule has 2 aliphatic rings. The van der Waals surface area contributed by atoms with Crippen molar-refractivity contribution in [1.82, 2.24) is 30.2 Å². The summed E-state index contributed by atoms with van der Waals surface area (Å²) in [7, 11) is 1.72. The fraction of sp³-hybridized carbons (Fsp3) is 0.466. The van der Waals surface area contributed by atoms with Crippen molar-refractivity contribution in [3.05, 3.63) is 157 Å². The predicted molar refractivity (Wildman–Crippen MR) is 293 cm³/mol. The maximum atomic E-state index is 13.6. The summed E-state index contributed by atoms with van der Waals surface area (Å²) in [6.07, 6.45) is 4.12. The lowest BCUT2D eigenvalue weighted by atomic mass is 10.0. The van der Waals surface area contributed by atoms with Gasteiger partial charge in [-0.3, -0.25) is 14.4 Å². The summed E-state index contributed by atoms with van der Waals surface area (Å²) in [5.41, 5.74) is 10.3. The van der Waals surface area contributed by atoms with Crippen LogP contribution >= 0.6 is 12.4 Å². The third kappa shape index (κ3) is 20.0. The number of nitrogens with zero attached hydrogens (tertiary/aromatic N) is 4. The summed E-state index contributed by atoms with van der Waals surface area (Å²) >= 11 is 0. The molecule has 15 heteroatoms. The van der Waals surface area contributed by atoms with Crippen molar-refractivity contribution >= 4 is 42.3 Å². The Hall–Kier alpha value is -6.22. The summed E-state index contributed by atoms with van der Waals surface area (Å²) < 4.78 is 11.3. The SMILES string of the molecule is C=C.CC(C)[C@H](N)C(=O)N1CCC[C@H]1CN(CCc1ccccc1)C(=O)OCc1ccccc1.CN[C@@H](C)C(=O)N[C@H](C(=O)N1CCC[C@H]1CN(CCc1ccccc1)C(=O)OCc1ccccc1)C(C)C.Cl. The summed E-state index contributed by atoms with van der Waals surface area (Å²) in [5.74, 6) is -0.317. The molecule has 4 aromatic carbocycles. The first-order valence-corrected chi connectivity index (χ1v) is 25.6. The fourth-order valence-electron chi connectivity index (χ4n) is 8.67. The molecule has 398 valence electrons. The molecule has 0 aliphatic carbocycles. The average Bonchev–Trinajstić information content (AvgIpc) is 4.09. The van der Waals surface area contributed by atoms with Gasteiger partial charge >= 0.3 is 12.2 Å². The van der Waals surface area contributed by atoms with Crippen LogP contribution < -0.4 is 16.4 Å². The number of ether oxygens (including phenoxy) is 2. The van der Waals surface area contributed by atoms with Gasteiger partial charge in [0, 0.05) is 51.4 Å². The summed E-state index contributed by atoms with van der Waals surface area (Å²) in [4.78, 5) is 72.5. The minimum atomic E-state index is -0.623. The van der Waals surface area contributed by atoms with Gasteiger partial charge in [0.1, 0.15) is 19.3 Å². The van der Waals surface area contributed by atoms with E-state index >= 15 is 0 Å². The van der Waals surface area contributed by atoms with Gasteiger partial charge in [-0.1, -0.05) is 149 Å². The number of nitrogens with two attached hydrogens (primary N) is 1. The lowest BCUT2D eigenvalue weighted by Crippen LogP contribution is -2.56. The molecule has 73 heavy (non-hydrogen) atoms. The third-order valence-electron chi connectivity index (χ3n) is 13.2. The van der Waals surface area contributed by atoms with Crippen LogP contribution in [-0.4, -0.2) is 126 Å². The molecule has 0 bridgehead atoms. The number of rotatable bonds is 21. The van der Waals surface area contributed by atoms with E-state index < -0.39 is 18.1 Å². The predicted octanol–water partition coefficient (Wildman–Crippen LogP) is 8.67. The molecule has 2 saturated heterocycles. The minimum absolute atomic E-state index is 0. The molecule has 0 spiro atoms. The molecular formula is C58H82ClN7O7. The second-order valence-corrected chi connectivity index (χ2v) is 19.1. The quantitative estimate of drug-likeness (QED) is 0.0693. The normalized spacial score (nSPS) is 16.1. The lowest BCUT2D eigenvalue weighted by molar-refractivity contribution is -0.139. The smallest absolute Gasteiger partial charge is 0.410 e. The Morgan fingerprint density at radius 1 is 0.603 bits per heavy atom. The van der Waals surface area contributed by atoms with Gasteiger partial charge < -0.3 is 45.4 Å². The highest BCUT2D eigenvalue weighted by Crippen LogP contribution is 2.24. The minimum Gasteiger partial charge on any atom is -0.445 e. The zero-order chi connectivity index (χ0) is 52.4. The Kier molecular flexibility index (Phi) is 27.4. The van der Waals surface area contributed by atoms with Gasteiger partial charge in [-0.25, -0.2) is 9.59 Å². The maximum absolute atomic E-state index is 13.6. The van der Waals surface area contributed by atoms with Crippen LogP contribution in [0, 0.1) is 11.8 Å². The van der Waals surface area contributed by atoms with Crippen LogP contribution in [0.3, 0.4) is 0 Å². The molecule has 5 amide bonds. The molecule has 4 N–H and O–H groups in total. The van der Waals surface area contributed by atoms with Gasteiger partial charge in [0.15, 0.2) is 0 Å². The van der Waals surface area contributed by atoms with E-state index in [9.17, 15) is 24.0 Å². The van der Waals surface area contributed by atoms with Gasteiger partial charge in [-0.15, -0.1) is 25.6 Å². The van der Waals surface area contributed by atoms with Gasteiger partial charge in [-0.2, -0.15) is 0 Å². The molecule has 0 unspecified atom stereocenters. The van der Waals surface area contributed by atoms with Crippen LogP contribution in [-0.2, 0) is 49.9 Å². The van der Waals surface area contributed by atoms with Crippen LogP contribution in [0.15, 0.2) is 134 Å². The number of benzene rings is 4. The number of amides is 5. The standard InChI is InChI=1S/C30H42N4O4.C26H35N3O3.C2H4.ClH/c1-22(2)27(32-28(35)23(3)31-4)29(36)34-18-11-16-26(34)20-33(19-17-24-12-7-5-8-13-24)30(37)38-21-25-14-9-6-10-15-25;1-20(2)24(27)25(30)29-16-9-14-23(29)18-28(17-15-21-10-5-3-6-11-21)26(31)32-19-22-12-7-4-8-13-22;1-2;/h5-10,12-15,22-23,26-27,31H,11,16-21H2,1-4H3,(H,32,35);3-8,10-13,20,23-24H,9,14-19,27H2,1-2H3;1-2H2;1H/t23-,26-,27-;23-,24-;;/m00../s1. The van der Waals surface area contributed by atoms with Crippen LogP contribution in [0.25, 0.3) is 0 Å². The number of halogens is 1. The van der Waals surface area contributed by atoms with Crippen LogP contribution in [0.1, 0.15) is 82.6 Å². The highest BCUT2D eigenvalue weighted by Gasteiger charge is 2.38. The molecule has 0 aromatic heterocycles. The van der Waals surface area contributed by atoms with Gasteiger partial charge in [0.2, 0.25) is 17.7 Å². The van der Waals surface area contributed by atoms with E-state index in [1.807, 2.05) is 147 Å². The fourth-order valence-corrected chi connectivity index (χ4v) is 8.67. The summed E-state index contributed by atoms with van der Waals surface area (Å²) in [6, 6.07) is 37.7. The average molecular weight is 1020 g/mol. The Bertz CT molecular complexity index is 2220. The van der Waals surface area contributed by atoms with E-state index in [0.717, 1.165) is 54.4 Å². The highest BCUT2D eigenvalue weighted by atomic mass is 35.5. The van der Waals surface area contributed by atoms with Gasteiger partial charge in [0.05, 0.1) is 12.1 Å². The zero-order valence-corrected chi connectivity index (χ0v) is 44.9. The zero-order valence-electron chi connectivity index (χ0n) is 44.0. The molecule has 2 fully saturated rings. The molecule has 0 saturated carbocycles. The van der Waals surface area contributed by atoms with Crippen LogP contribution in [0.4, 0.5) is 9.59 Å². The molecule has 5 atom stereocenters. The Labute approximate surface area is 441 Å². The number of hydrogen-bond acceptors (Lipinski definition) is 9. The van der Waals surface area contributed by atoms with Crippen molar-refractivity contribution in [2.75, 3.05) is 46.3 Å². The van der Waals surface area contributed by atoms with Crippen LogP contribution in [0.2, 0.25) is 0 Å². The van der Waals surface area contributed by atoms with E-state index in [1.54, 1.807) is 23.8 Å². The van der Waals surface area contributed by atoms with E-state index in [1.165, 1.54) is 0 Å². The monoisotopic (exact) mass is 1020 g/mol. The van der Waals surface area contributed by atoms with Gasteiger partial charge in [0.25, 0.3) is 0 Å². The first-order valence-electron chi connectivity index (χ1n) is 25.6.